The molecule has 0 unspecified atom stereocenters. The number of nitrogens with two attached hydrogens (primary N) is 1. The highest BCUT2D eigenvalue weighted by atomic mass is 16.4. The topological polar surface area (TPSA) is 113 Å². The molecule has 7 nitrogen and oxygen atoms in total. The third-order valence-corrected chi connectivity index (χ3v) is 2.47. The highest BCUT2D eigenvalue weighted by molar-refractivity contribution is 5.82. The van der Waals surface area contributed by atoms with Gasteiger partial charge in [0.15, 0.2) is 0 Å². The van der Waals surface area contributed by atoms with Crippen LogP contribution in [0, 0.1) is 0 Å². The molecule has 0 aromatic carbocycles. The zero-order chi connectivity index (χ0) is 14.3. The van der Waals surface area contributed by atoms with Gasteiger partial charge in [0, 0.05) is 5.54 Å². The van der Waals surface area contributed by atoms with Gasteiger partial charge in [-0.25, -0.2) is 0 Å². The van der Waals surface area contributed by atoms with E-state index in [1.54, 1.807) is 0 Å². The van der Waals surface area contributed by atoms with Crippen molar-refractivity contribution < 1.29 is 19.5 Å². The standard InChI is InChI=1S/C11H21N3O4/c1-4-11(2,3)13-9(16)6-14(5-8(12)15)7-10(17)18/h4-7H2,1-3H3,(H2,12,15)(H,13,16)(H,17,18). The van der Waals surface area contributed by atoms with Crippen molar-refractivity contribution in [2.24, 2.45) is 5.73 Å². The van der Waals surface area contributed by atoms with E-state index in [9.17, 15) is 14.4 Å². The normalized spacial score (nSPS) is 11.3. The number of nitrogens with zero attached hydrogens (tertiary/aromatic N) is 1. The number of nitrogens with one attached hydrogen (secondary N) is 1. The first-order valence-corrected chi connectivity index (χ1v) is 5.69. The fourth-order valence-electron chi connectivity index (χ4n) is 1.29. The van der Waals surface area contributed by atoms with Gasteiger partial charge in [0.05, 0.1) is 19.6 Å². The van der Waals surface area contributed by atoms with Crippen LogP contribution in [0.2, 0.25) is 0 Å². The quantitative estimate of drug-likeness (QED) is 0.526. The molecular weight excluding hydrogens is 238 g/mol. The van der Waals surface area contributed by atoms with E-state index in [2.05, 4.69) is 5.32 Å². The number of carbonyl (C=O) groups is 3. The summed E-state index contributed by atoms with van der Waals surface area (Å²) in [6, 6.07) is 0. The molecule has 0 aromatic rings. The SMILES string of the molecule is CCC(C)(C)NC(=O)CN(CC(N)=O)CC(=O)O. The van der Waals surface area contributed by atoms with Gasteiger partial charge >= 0.3 is 5.97 Å². The van der Waals surface area contributed by atoms with Crippen molar-refractivity contribution in [3.8, 4) is 0 Å². The highest BCUT2D eigenvalue weighted by Crippen LogP contribution is 2.06. The largest absolute Gasteiger partial charge is 0.480 e. The lowest BCUT2D eigenvalue weighted by atomic mass is 10.0. The van der Waals surface area contributed by atoms with Gasteiger partial charge < -0.3 is 16.2 Å². The van der Waals surface area contributed by atoms with Crippen LogP contribution in [0.1, 0.15) is 27.2 Å². The van der Waals surface area contributed by atoms with Crippen LogP contribution < -0.4 is 11.1 Å². The van der Waals surface area contributed by atoms with Crippen LogP contribution in [0.15, 0.2) is 0 Å². The molecule has 2 amide bonds. The Balaban J connectivity index is 4.43. The van der Waals surface area contributed by atoms with Gasteiger partial charge in [-0.2, -0.15) is 0 Å². The second-order valence-electron chi connectivity index (χ2n) is 4.79. The molecule has 0 rings (SSSR count). The van der Waals surface area contributed by atoms with E-state index in [1.807, 2.05) is 20.8 Å². The molecule has 0 bridgehead atoms. The summed E-state index contributed by atoms with van der Waals surface area (Å²) in [6.07, 6.45) is 0.744. The summed E-state index contributed by atoms with van der Waals surface area (Å²) in [6.45, 7) is 4.83. The first-order valence-electron chi connectivity index (χ1n) is 5.69. The zero-order valence-electron chi connectivity index (χ0n) is 11.0. The van der Waals surface area contributed by atoms with Gasteiger partial charge in [0.2, 0.25) is 11.8 Å². The number of carboxylic acids is 1. The summed E-state index contributed by atoms with van der Waals surface area (Å²) in [4.78, 5) is 34.2. The van der Waals surface area contributed by atoms with Crippen LogP contribution in [0.5, 0.6) is 0 Å². The first kappa shape index (κ1) is 16.4. The third kappa shape index (κ3) is 7.61. The molecule has 0 radical (unpaired) electrons. The average molecular weight is 259 g/mol. The molecule has 4 N–H and O–H groups in total. The smallest absolute Gasteiger partial charge is 0.317 e. The molecule has 0 atom stereocenters. The molecule has 18 heavy (non-hydrogen) atoms. The van der Waals surface area contributed by atoms with E-state index in [0.717, 1.165) is 6.42 Å². The molecule has 7 heteroatoms. The molecule has 0 fully saturated rings. The maximum absolute atomic E-state index is 11.7. The van der Waals surface area contributed by atoms with E-state index < -0.39 is 18.4 Å². The summed E-state index contributed by atoms with van der Waals surface area (Å²) < 4.78 is 0. The minimum atomic E-state index is -1.11. The summed E-state index contributed by atoms with van der Waals surface area (Å²) >= 11 is 0. The second-order valence-corrected chi connectivity index (χ2v) is 4.79. The maximum Gasteiger partial charge on any atom is 0.317 e. The number of hydrogen-bond donors (Lipinski definition) is 3. The fourth-order valence-corrected chi connectivity index (χ4v) is 1.29. The van der Waals surface area contributed by atoms with E-state index in [0.29, 0.717) is 0 Å². The summed E-state index contributed by atoms with van der Waals surface area (Å²) in [5.41, 5.74) is 4.63. The lowest BCUT2D eigenvalue weighted by molar-refractivity contribution is -0.139. The van der Waals surface area contributed by atoms with Crippen LogP contribution in [0.4, 0.5) is 0 Å². The van der Waals surface area contributed by atoms with E-state index in [4.69, 9.17) is 10.8 Å². The molecule has 0 aliphatic rings. The van der Waals surface area contributed by atoms with Crippen LogP contribution in [-0.2, 0) is 14.4 Å². The molecule has 0 spiro atoms. The van der Waals surface area contributed by atoms with Crippen LogP contribution in [0.3, 0.4) is 0 Å². The minimum absolute atomic E-state index is 0.168. The van der Waals surface area contributed by atoms with Crippen molar-refractivity contribution in [2.75, 3.05) is 19.6 Å². The number of hydrogen-bond acceptors (Lipinski definition) is 4. The predicted molar refractivity (Wildman–Crippen MR) is 65.8 cm³/mol. The van der Waals surface area contributed by atoms with Crippen molar-refractivity contribution >= 4 is 17.8 Å². The lowest BCUT2D eigenvalue weighted by Gasteiger charge is -2.26. The molecule has 0 saturated carbocycles. The van der Waals surface area contributed by atoms with Gasteiger partial charge in [0.25, 0.3) is 0 Å². The predicted octanol–water partition coefficient (Wildman–Crippen LogP) is -0.837. The Morgan fingerprint density at radius 1 is 1.22 bits per heavy atom. The first-order chi connectivity index (χ1) is 8.16. The molecular formula is C11H21N3O4. The Kier molecular flexibility index (Phi) is 6.32. The van der Waals surface area contributed by atoms with Crippen molar-refractivity contribution in [1.29, 1.82) is 0 Å². The van der Waals surface area contributed by atoms with E-state index in [1.165, 1.54) is 4.90 Å². The number of rotatable bonds is 8. The Morgan fingerprint density at radius 2 is 1.78 bits per heavy atom. The average Bonchev–Trinajstić information content (AvgIpc) is 2.14. The number of carboxylic acid groups (broad SMARTS) is 1. The number of carbonyl (C=O) groups excluding carboxylic acids is 2. The molecule has 0 aliphatic heterocycles. The van der Waals surface area contributed by atoms with E-state index >= 15 is 0 Å². The number of aliphatic carboxylic acids is 1. The van der Waals surface area contributed by atoms with Crippen molar-refractivity contribution in [3.05, 3.63) is 0 Å². The molecule has 0 aromatic heterocycles. The van der Waals surface area contributed by atoms with E-state index in [-0.39, 0.29) is 24.5 Å². The Morgan fingerprint density at radius 3 is 2.17 bits per heavy atom. The molecule has 104 valence electrons. The van der Waals surface area contributed by atoms with Gasteiger partial charge in [-0.05, 0) is 20.3 Å². The third-order valence-electron chi connectivity index (χ3n) is 2.47. The number of primary amides is 1. The maximum atomic E-state index is 11.7. The van der Waals surface area contributed by atoms with Gasteiger partial charge in [-0.15, -0.1) is 0 Å². The molecule has 0 heterocycles. The highest BCUT2D eigenvalue weighted by Gasteiger charge is 2.21. The summed E-state index contributed by atoms with van der Waals surface area (Å²) in [5, 5.41) is 11.4. The second kappa shape index (κ2) is 6.95. The number of amides is 2. The Hall–Kier alpha value is -1.63. The summed E-state index contributed by atoms with van der Waals surface area (Å²) in [5.74, 6) is -2.11. The molecule has 0 saturated heterocycles. The van der Waals surface area contributed by atoms with Crippen molar-refractivity contribution in [3.63, 3.8) is 0 Å². The zero-order valence-corrected chi connectivity index (χ0v) is 11.0. The van der Waals surface area contributed by atoms with Gasteiger partial charge in [0.1, 0.15) is 0 Å². The monoisotopic (exact) mass is 259 g/mol. The van der Waals surface area contributed by atoms with Crippen LogP contribution in [-0.4, -0.2) is 53.0 Å². The van der Waals surface area contributed by atoms with Crippen LogP contribution >= 0.6 is 0 Å². The van der Waals surface area contributed by atoms with Crippen molar-refractivity contribution in [1.82, 2.24) is 10.2 Å². The fraction of sp³-hybridized carbons (Fsp3) is 0.727. The van der Waals surface area contributed by atoms with Gasteiger partial charge in [-0.1, -0.05) is 6.92 Å². The summed E-state index contributed by atoms with van der Waals surface area (Å²) in [7, 11) is 0. The Bertz CT molecular complexity index is 312. The Labute approximate surface area is 106 Å². The van der Waals surface area contributed by atoms with Gasteiger partial charge in [-0.3, -0.25) is 19.3 Å². The molecule has 0 aliphatic carbocycles. The van der Waals surface area contributed by atoms with Crippen LogP contribution in [0.25, 0.3) is 0 Å². The lowest BCUT2D eigenvalue weighted by Crippen LogP contribution is -2.49. The minimum Gasteiger partial charge on any atom is -0.480 e. The van der Waals surface area contributed by atoms with Crippen molar-refractivity contribution in [2.45, 2.75) is 32.7 Å².